The maximum absolute atomic E-state index is 12.4. The van der Waals surface area contributed by atoms with Crippen LogP contribution < -0.4 is 10.2 Å². The predicted octanol–water partition coefficient (Wildman–Crippen LogP) is 4.46. The van der Waals surface area contributed by atoms with Crippen molar-refractivity contribution in [1.82, 2.24) is 5.32 Å². The number of thioether (sulfide) groups is 1. The molecule has 28 heavy (non-hydrogen) atoms. The fourth-order valence-corrected chi connectivity index (χ4v) is 4.15. The molecule has 0 saturated carbocycles. The molecular weight excluding hydrogens is 440 g/mol. The highest BCUT2D eigenvalue weighted by Crippen LogP contribution is 2.34. The molecule has 1 aliphatic rings. The standard InChI is InChI=1S/C21H17BrN2O3S/c22-15-7-5-14(6-8-15)18-10-9-16(27-18)11-23-20(25)12-24-17-3-1-2-4-19(17)28-13-21(24)26/h1-10H,11-13H2,(H,23,25). The summed E-state index contributed by atoms with van der Waals surface area (Å²) in [6.07, 6.45) is 0. The second-order valence-corrected chi connectivity index (χ2v) is 8.22. The molecule has 4 rings (SSSR count). The van der Waals surface area contributed by atoms with Gasteiger partial charge in [0.2, 0.25) is 11.8 Å². The van der Waals surface area contributed by atoms with Gasteiger partial charge < -0.3 is 14.6 Å². The topological polar surface area (TPSA) is 62.6 Å². The SMILES string of the molecule is O=C(CN1C(=O)CSc2ccccc21)NCc1ccc(-c2ccc(Br)cc2)o1. The van der Waals surface area contributed by atoms with E-state index in [1.165, 1.54) is 16.7 Å². The molecule has 0 aliphatic carbocycles. The van der Waals surface area contributed by atoms with Crippen LogP contribution in [0.15, 0.2) is 74.4 Å². The van der Waals surface area contributed by atoms with Crippen molar-refractivity contribution in [2.45, 2.75) is 11.4 Å². The number of hydrogen-bond acceptors (Lipinski definition) is 4. The van der Waals surface area contributed by atoms with Crippen molar-refractivity contribution in [1.29, 1.82) is 0 Å². The molecular formula is C21H17BrN2O3S. The second kappa shape index (κ2) is 8.24. The van der Waals surface area contributed by atoms with E-state index in [0.717, 1.165) is 26.4 Å². The van der Waals surface area contributed by atoms with Crippen molar-refractivity contribution in [2.24, 2.45) is 0 Å². The monoisotopic (exact) mass is 456 g/mol. The Morgan fingerprint density at radius 1 is 1.11 bits per heavy atom. The summed E-state index contributed by atoms with van der Waals surface area (Å²) in [4.78, 5) is 27.2. The Morgan fingerprint density at radius 2 is 1.89 bits per heavy atom. The van der Waals surface area contributed by atoms with E-state index in [1.54, 1.807) is 0 Å². The number of anilines is 1. The fourth-order valence-electron chi connectivity index (χ4n) is 2.95. The van der Waals surface area contributed by atoms with E-state index in [-0.39, 0.29) is 24.9 Å². The Balaban J connectivity index is 1.38. The van der Waals surface area contributed by atoms with Crippen LogP contribution in [-0.2, 0) is 16.1 Å². The molecule has 7 heteroatoms. The van der Waals surface area contributed by atoms with E-state index in [1.807, 2.05) is 60.7 Å². The highest BCUT2D eigenvalue weighted by Gasteiger charge is 2.26. The van der Waals surface area contributed by atoms with Gasteiger partial charge in [0.15, 0.2) is 0 Å². The number of carbonyl (C=O) groups excluding carboxylic acids is 2. The van der Waals surface area contributed by atoms with Gasteiger partial charge in [0.25, 0.3) is 0 Å². The van der Waals surface area contributed by atoms with Crippen LogP contribution in [0.2, 0.25) is 0 Å². The van der Waals surface area contributed by atoms with E-state index >= 15 is 0 Å². The first-order valence-electron chi connectivity index (χ1n) is 8.74. The Kier molecular flexibility index (Phi) is 5.54. The van der Waals surface area contributed by atoms with Gasteiger partial charge in [-0.2, -0.15) is 0 Å². The minimum Gasteiger partial charge on any atom is -0.459 e. The molecule has 2 aromatic carbocycles. The number of para-hydroxylation sites is 1. The van der Waals surface area contributed by atoms with Gasteiger partial charge in [-0.05, 0) is 36.4 Å². The van der Waals surface area contributed by atoms with Crippen LogP contribution in [0.3, 0.4) is 0 Å². The van der Waals surface area contributed by atoms with Crippen molar-refractivity contribution in [3.63, 3.8) is 0 Å². The first-order chi connectivity index (χ1) is 13.6. The van der Waals surface area contributed by atoms with Gasteiger partial charge in [-0.3, -0.25) is 9.59 Å². The van der Waals surface area contributed by atoms with Gasteiger partial charge in [-0.1, -0.05) is 40.2 Å². The molecule has 5 nitrogen and oxygen atoms in total. The highest BCUT2D eigenvalue weighted by atomic mass is 79.9. The number of benzene rings is 2. The molecule has 1 N–H and O–H groups in total. The first-order valence-corrected chi connectivity index (χ1v) is 10.5. The lowest BCUT2D eigenvalue weighted by molar-refractivity contribution is -0.123. The molecule has 0 fully saturated rings. The lowest BCUT2D eigenvalue weighted by atomic mass is 10.2. The number of nitrogens with zero attached hydrogens (tertiary/aromatic N) is 1. The molecule has 2 amide bonds. The maximum Gasteiger partial charge on any atom is 0.240 e. The number of furan rings is 1. The summed E-state index contributed by atoms with van der Waals surface area (Å²) in [6.45, 7) is 0.268. The second-order valence-electron chi connectivity index (χ2n) is 6.29. The Labute approximate surface area is 175 Å². The summed E-state index contributed by atoms with van der Waals surface area (Å²) in [6, 6.07) is 19.2. The Hall–Kier alpha value is -2.51. The molecule has 0 spiro atoms. The average molecular weight is 457 g/mol. The van der Waals surface area contributed by atoms with Crippen LogP contribution in [0.1, 0.15) is 5.76 Å². The van der Waals surface area contributed by atoms with Crippen LogP contribution >= 0.6 is 27.7 Å². The molecule has 1 aromatic heterocycles. The van der Waals surface area contributed by atoms with E-state index in [9.17, 15) is 9.59 Å². The van der Waals surface area contributed by atoms with E-state index in [0.29, 0.717) is 11.5 Å². The summed E-state index contributed by atoms with van der Waals surface area (Å²) in [7, 11) is 0. The molecule has 0 atom stereocenters. The molecule has 0 bridgehead atoms. The van der Waals surface area contributed by atoms with Gasteiger partial charge in [0.1, 0.15) is 18.1 Å². The van der Waals surface area contributed by atoms with Gasteiger partial charge >= 0.3 is 0 Å². The van der Waals surface area contributed by atoms with Gasteiger partial charge in [-0.15, -0.1) is 11.8 Å². The minimum absolute atomic E-state index is 0.00329. The number of amides is 2. The highest BCUT2D eigenvalue weighted by molar-refractivity contribution is 9.10. The third-order valence-corrected chi connectivity index (χ3v) is 5.94. The van der Waals surface area contributed by atoms with Crippen molar-refractivity contribution in [3.05, 3.63) is 70.9 Å². The van der Waals surface area contributed by atoms with Gasteiger partial charge in [0, 0.05) is 14.9 Å². The Morgan fingerprint density at radius 3 is 2.71 bits per heavy atom. The van der Waals surface area contributed by atoms with Gasteiger partial charge in [0.05, 0.1) is 18.0 Å². The van der Waals surface area contributed by atoms with Crippen LogP contribution in [0.25, 0.3) is 11.3 Å². The van der Waals surface area contributed by atoms with E-state index < -0.39 is 0 Å². The van der Waals surface area contributed by atoms with Crippen molar-refractivity contribution >= 4 is 45.2 Å². The van der Waals surface area contributed by atoms with E-state index in [2.05, 4.69) is 21.2 Å². The largest absolute Gasteiger partial charge is 0.459 e. The van der Waals surface area contributed by atoms with Crippen molar-refractivity contribution in [2.75, 3.05) is 17.2 Å². The Bertz CT molecular complexity index is 1020. The summed E-state index contributed by atoms with van der Waals surface area (Å²) in [5.41, 5.74) is 1.75. The normalized spacial score (nSPS) is 13.3. The first kappa shape index (κ1) is 18.8. The zero-order valence-electron chi connectivity index (χ0n) is 14.9. The lowest BCUT2D eigenvalue weighted by Crippen LogP contribution is -2.43. The molecule has 0 unspecified atom stereocenters. The summed E-state index contributed by atoms with van der Waals surface area (Å²) in [5.74, 6) is 1.46. The van der Waals surface area contributed by atoms with Gasteiger partial charge in [-0.25, -0.2) is 0 Å². The molecule has 142 valence electrons. The minimum atomic E-state index is -0.225. The lowest BCUT2D eigenvalue weighted by Gasteiger charge is -2.28. The summed E-state index contributed by atoms with van der Waals surface area (Å²) < 4.78 is 6.82. The molecule has 1 aliphatic heterocycles. The number of rotatable bonds is 5. The van der Waals surface area contributed by atoms with Crippen LogP contribution in [0.5, 0.6) is 0 Å². The number of nitrogens with one attached hydrogen (secondary N) is 1. The smallest absolute Gasteiger partial charge is 0.240 e. The predicted molar refractivity (Wildman–Crippen MR) is 113 cm³/mol. The van der Waals surface area contributed by atoms with Crippen molar-refractivity contribution in [3.8, 4) is 11.3 Å². The third-order valence-electron chi connectivity index (χ3n) is 4.36. The summed E-state index contributed by atoms with van der Waals surface area (Å²) >= 11 is 4.91. The van der Waals surface area contributed by atoms with Crippen LogP contribution in [0, 0.1) is 0 Å². The zero-order chi connectivity index (χ0) is 19.5. The molecule has 0 radical (unpaired) electrons. The summed E-state index contributed by atoms with van der Waals surface area (Å²) in [5, 5.41) is 2.83. The maximum atomic E-state index is 12.4. The number of hydrogen-bond donors (Lipinski definition) is 1. The number of halogens is 1. The number of fused-ring (bicyclic) bond motifs is 1. The van der Waals surface area contributed by atoms with Crippen molar-refractivity contribution < 1.29 is 14.0 Å². The average Bonchev–Trinajstić information content (AvgIpc) is 3.18. The zero-order valence-corrected chi connectivity index (χ0v) is 17.3. The molecule has 3 aromatic rings. The number of carbonyl (C=O) groups is 2. The fraction of sp³-hybridized carbons (Fsp3) is 0.143. The quantitative estimate of drug-likeness (QED) is 0.615. The van der Waals surface area contributed by atoms with E-state index in [4.69, 9.17) is 4.42 Å². The molecule has 2 heterocycles. The van der Waals surface area contributed by atoms with Crippen LogP contribution in [-0.4, -0.2) is 24.1 Å². The van der Waals surface area contributed by atoms with Crippen LogP contribution in [0.4, 0.5) is 5.69 Å². The third kappa shape index (κ3) is 4.15. The molecule has 0 saturated heterocycles.